The van der Waals surface area contributed by atoms with Crippen LogP contribution in [0.4, 0.5) is 9.39 Å². The molecule has 0 radical (unpaired) electrons. The molecule has 1 aliphatic rings. The molecule has 1 aromatic heterocycles. The standard InChI is InChI=1S/C22H22FNO5S/c1-3-29-22(28)18-17(13-8-10-14(23)11-9-13)12(2)30-20(18)24-19(25)15-6-4-5-7-16(15)21(26)27/h4-5,8-11,15-16H,3,6-7H2,1-2H3,(H,24,25)(H,26,27)/p-1/t15-,16-/m0/s1. The summed E-state index contributed by atoms with van der Waals surface area (Å²) in [4.78, 5) is 37.8. The highest BCUT2D eigenvalue weighted by molar-refractivity contribution is 7.17. The van der Waals surface area contributed by atoms with E-state index < -0.39 is 35.5 Å². The summed E-state index contributed by atoms with van der Waals surface area (Å²) in [5.74, 6) is -4.52. The Hall–Kier alpha value is -3.00. The molecule has 0 spiro atoms. The summed E-state index contributed by atoms with van der Waals surface area (Å²) in [5.41, 5.74) is 1.34. The summed E-state index contributed by atoms with van der Waals surface area (Å²) in [6, 6.07) is 5.68. The molecular weight excluding hydrogens is 409 g/mol. The molecule has 2 atom stereocenters. The van der Waals surface area contributed by atoms with E-state index in [1.54, 1.807) is 38.1 Å². The lowest BCUT2D eigenvalue weighted by molar-refractivity contribution is -0.313. The van der Waals surface area contributed by atoms with Gasteiger partial charge in [0.15, 0.2) is 0 Å². The zero-order valence-corrected chi connectivity index (χ0v) is 17.4. The van der Waals surface area contributed by atoms with Crippen LogP contribution in [0.5, 0.6) is 0 Å². The third-order valence-corrected chi connectivity index (χ3v) is 6.03. The number of ether oxygens (including phenoxy) is 1. The molecule has 3 rings (SSSR count). The molecule has 2 aromatic rings. The van der Waals surface area contributed by atoms with E-state index in [2.05, 4.69) is 5.32 Å². The number of benzene rings is 1. The third-order valence-electron chi connectivity index (χ3n) is 5.01. The maximum absolute atomic E-state index is 13.4. The number of carbonyl (C=O) groups excluding carboxylic acids is 3. The van der Waals surface area contributed by atoms with E-state index in [-0.39, 0.29) is 30.0 Å². The summed E-state index contributed by atoms with van der Waals surface area (Å²) in [6.07, 6.45) is 3.97. The van der Waals surface area contributed by atoms with Crippen molar-refractivity contribution in [3.8, 4) is 11.1 Å². The topological polar surface area (TPSA) is 95.5 Å². The molecule has 0 bridgehead atoms. The molecule has 0 saturated heterocycles. The van der Waals surface area contributed by atoms with Crippen molar-refractivity contribution >= 4 is 34.2 Å². The first-order chi connectivity index (χ1) is 14.3. The molecular formula is C22H21FNO5S-. The molecule has 30 heavy (non-hydrogen) atoms. The molecule has 1 heterocycles. The second-order valence-corrected chi connectivity index (χ2v) is 8.15. The molecule has 0 unspecified atom stereocenters. The number of hydrogen-bond donors (Lipinski definition) is 1. The van der Waals surface area contributed by atoms with Gasteiger partial charge in [-0.1, -0.05) is 24.3 Å². The molecule has 0 saturated carbocycles. The average Bonchev–Trinajstić information content (AvgIpc) is 3.04. The molecule has 6 nitrogen and oxygen atoms in total. The van der Waals surface area contributed by atoms with Crippen LogP contribution in [0.2, 0.25) is 0 Å². The van der Waals surface area contributed by atoms with Crippen molar-refractivity contribution in [2.24, 2.45) is 11.8 Å². The van der Waals surface area contributed by atoms with E-state index in [0.717, 1.165) is 4.88 Å². The summed E-state index contributed by atoms with van der Waals surface area (Å²) in [5, 5.41) is 14.4. The van der Waals surface area contributed by atoms with Gasteiger partial charge >= 0.3 is 5.97 Å². The number of thiophene rings is 1. The van der Waals surface area contributed by atoms with Crippen LogP contribution in [0.1, 0.15) is 35.0 Å². The van der Waals surface area contributed by atoms with Crippen molar-refractivity contribution in [1.82, 2.24) is 0 Å². The van der Waals surface area contributed by atoms with Crippen molar-refractivity contribution in [3.63, 3.8) is 0 Å². The Kier molecular flexibility index (Phi) is 6.66. The fraction of sp³-hybridized carbons (Fsp3) is 0.318. The molecule has 8 heteroatoms. The number of halogens is 1. The second kappa shape index (κ2) is 9.21. The molecule has 1 aliphatic carbocycles. The van der Waals surface area contributed by atoms with E-state index in [9.17, 15) is 23.9 Å². The van der Waals surface area contributed by atoms with Crippen LogP contribution in [0.15, 0.2) is 36.4 Å². The lowest BCUT2D eigenvalue weighted by Crippen LogP contribution is -2.41. The average molecular weight is 430 g/mol. The van der Waals surface area contributed by atoms with Crippen LogP contribution in [0, 0.1) is 24.6 Å². The highest BCUT2D eigenvalue weighted by Crippen LogP contribution is 2.41. The Balaban J connectivity index is 2.00. The fourth-order valence-electron chi connectivity index (χ4n) is 3.56. The Bertz CT molecular complexity index is 996. The van der Waals surface area contributed by atoms with Gasteiger partial charge in [0.05, 0.1) is 12.5 Å². The quantitative estimate of drug-likeness (QED) is 0.560. The number of aryl methyl sites for hydroxylation is 1. The number of carboxylic acids is 1. The number of hydrogen-bond acceptors (Lipinski definition) is 6. The number of esters is 1. The van der Waals surface area contributed by atoms with Gasteiger partial charge in [0, 0.05) is 22.3 Å². The molecule has 1 amide bonds. The van der Waals surface area contributed by atoms with Crippen LogP contribution in [-0.4, -0.2) is 24.5 Å². The lowest BCUT2D eigenvalue weighted by atomic mass is 9.82. The number of amides is 1. The van der Waals surface area contributed by atoms with Gasteiger partial charge in [-0.2, -0.15) is 0 Å². The summed E-state index contributed by atoms with van der Waals surface area (Å²) in [7, 11) is 0. The van der Waals surface area contributed by atoms with Crippen molar-refractivity contribution in [2.45, 2.75) is 26.7 Å². The zero-order chi connectivity index (χ0) is 21.8. The maximum Gasteiger partial charge on any atom is 0.341 e. The Morgan fingerprint density at radius 1 is 1.17 bits per heavy atom. The van der Waals surface area contributed by atoms with Gasteiger partial charge in [-0.05, 0) is 44.4 Å². The molecule has 0 aliphatic heterocycles. The maximum atomic E-state index is 13.4. The minimum atomic E-state index is -1.28. The SMILES string of the molecule is CCOC(=O)c1c(NC(=O)[C@H]2CC=CC[C@@H]2C(=O)[O-])sc(C)c1-c1ccc(F)cc1. The largest absolute Gasteiger partial charge is 0.550 e. The normalized spacial score (nSPS) is 18.1. The van der Waals surface area contributed by atoms with Crippen LogP contribution < -0.4 is 10.4 Å². The first-order valence-corrected chi connectivity index (χ1v) is 10.4. The number of rotatable bonds is 6. The first kappa shape index (κ1) is 21.7. The van der Waals surface area contributed by atoms with Crippen molar-refractivity contribution in [1.29, 1.82) is 0 Å². The minimum absolute atomic E-state index is 0.143. The number of aliphatic carboxylic acids is 1. The first-order valence-electron chi connectivity index (χ1n) is 9.56. The van der Waals surface area contributed by atoms with E-state index in [0.29, 0.717) is 11.1 Å². The minimum Gasteiger partial charge on any atom is -0.550 e. The molecule has 0 fully saturated rings. The van der Waals surface area contributed by atoms with Gasteiger partial charge in [-0.3, -0.25) is 4.79 Å². The lowest BCUT2D eigenvalue weighted by Gasteiger charge is -2.28. The van der Waals surface area contributed by atoms with E-state index >= 15 is 0 Å². The Morgan fingerprint density at radius 2 is 1.80 bits per heavy atom. The van der Waals surface area contributed by atoms with Gasteiger partial charge in [-0.25, -0.2) is 9.18 Å². The smallest absolute Gasteiger partial charge is 0.341 e. The Morgan fingerprint density at radius 3 is 2.40 bits per heavy atom. The van der Waals surface area contributed by atoms with Gasteiger partial charge < -0.3 is 20.0 Å². The highest BCUT2D eigenvalue weighted by Gasteiger charge is 2.32. The van der Waals surface area contributed by atoms with Gasteiger partial charge in [0.1, 0.15) is 16.4 Å². The van der Waals surface area contributed by atoms with E-state index in [4.69, 9.17) is 4.74 Å². The molecule has 158 valence electrons. The van der Waals surface area contributed by atoms with Crippen LogP contribution in [0.25, 0.3) is 11.1 Å². The molecule has 1 aromatic carbocycles. The van der Waals surface area contributed by atoms with Crippen molar-refractivity contribution in [3.05, 3.63) is 52.7 Å². The number of carboxylic acid groups (broad SMARTS) is 1. The summed E-state index contributed by atoms with van der Waals surface area (Å²) in [6.45, 7) is 3.60. The van der Waals surface area contributed by atoms with Gasteiger partial charge in [-0.15, -0.1) is 11.3 Å². The highest BCUT2D eigenvalue weighted by atomic mass is 32.1. The second-order valence-electron chi connectivity index (χ2n) is 6.93. The fourth-order valence-corrected chi connectivity index (χ4v) is 4.63. The zero-order valence-electron chi connectivity index (χ0n) is 16.6. The number of allylic oxidation sites excluding steroid dienone is 2. The summed E-state index contributed by atoms with van der Waals surface area (Å²) >= 11 is 1.19. The predicted octanol–water partition coefficient (Wildman–Crippen LogP) is 3.31. The van der Waals surface area contributed by atoms with Gasteiger partial charge in [0.2, 0.25) is 5.91 Å². The Labute approximate surface area is 177 Å². The van der Waals surface area contributed by atoms with E-state index in [1.807, 2.05) is 0 Å². The number of carbonyl (C=O) groups is 3. The van der Waals surface area contributed by atoms with E-state index in [1.165, 1.54) is 23.5 Å². The molecule has 1 N–H and O–H groups in total. The van der Waals surface area contributed by atoms with Crippen LogP contribution in [-0.2, 0) is 14.3 Å². The third kappa shape index (κ3) is 4.43. The monoisotopic (exact) mass is 430 g/mol. The van der Waals surface area contributed by atoms with Crippen LogP contribution >= 0.6 is 11.3 Å². The number of anilines is 1. The van der Waals surface area contributed by atoms with Crippen molar-refractivity contribution in [2.75, 3.05) is 11.9 Å². The number of nitrogens with one attached hydrogen (secondary N) is 1. The summed E-state index contributed by atoms with van der Waals surface area (Å²) < 4.78 is 18.5. The van der Waals surface area contributed by atoms with Crippen molar-refractivity contribution < 1.29 is 28.6 Å². The van der Waals surface area contributed by atoms with Crippen LogP contribution in [0.3, 0.4) is 0 Å². The van der Waals surface area contributed by atoms with Gasteiger partial charge in [0.25, 0.3) is 0 Å². The predicted molar refractivity (Wildman–Crippen MR) is 109 cm³/mol.